The summed E-state index contributed by atoms with van der Waals surface area (Å²) in [6.07, 6.45) is 10.5. The Bertz CT molecular complexity index is 342. The van der Waals surface area contributed by atoms with E-state index < -0.39 is 0 Å². The van der Waals surface area contributed by atoms with Gasteiger partial charge in [-0.15, -0.1) is 0 Å². The van der Waals surface area contributed by atoms with Crippen molar-refractivity contribution in [2.75, 3.05) is 26.2 Å². The third-order valence-corrected chi connectivity index (χ3v) is 5.66. The van der Waals surface area contributed by atoms with Crippen molar-refractivity contribution in [1.82, 2.24) is 9.80 Å². The summed E-state index contributed by atoms with van der Waals surface area (Å²) in [7, 11) is 0. The highest BCUT2D eigenvalue weighted by Crippen LogP contribution is 2.35. The molecule has 3 heteroatoms. The predicted molar refractivity (Wildman–Crippen MR) is 81.5 cm³/mol. The highest BCUT2D eigenvalue weighted by molar-refractivity contribution is 5.78. The van der Waals surface area contributed by atoms with Gasteiger partial charge >= 0.3 is 0 Å². The van der Waals surface area contributed by atoms with Gasteiger partial charge in [-0.1, -0.05) is 19.8 Å². The first-order valence-corrected chi connectivity index (χ1v) is 8.76. The van der Waals surface area contributed by atoms with Gasteiger partial charge in [-0.3, -0.25) is 9.69 Å². The lowest BCUT2D eigenvalue weighted by atomic mass is 9.78. The summed E-state index contributed by atoms with van der Waals surface area (Å²) >= 11 is 0. The minimum atomic E-state index is 0.413. The molecule has 3 nitrogen and oxygen atoms in total. The summed E-state index contributed by atoms with van der Waals surface area (Å²) in [5, 5.41) is 0. The summed E-state index contributed by atoms with van der Waals surface area (Å²) in [5.41, 5.74) is 0. The van der Waals surface area contributed by atoms with Gasteiger partial charge < -0.3 is 4.90 Å². The number of piperidine rings is 2. The van der Waals surface area contributed by atoms with Crippen LogP contribution in [0, 0.1) is 11.8 Å². The lowest BCUT2D eigenvalue weighted by molar-refractivity contribution is -0.139. The fourth-order valence-corrected chi connectivity index (χ4v) is 4.65. The SMILES string of the molecule is CC1CCCN(CC(=O)N2CCCC3CCCCC32)C1. The van der Waals surface area contributed by atoms with Crippen molar-refractivity contribution in [1.29, 1.82) is 0 Å². The number of hydrogen-bond acceptors (Lipinski definition) is 2. The Balaban J connectivity index is 1.57. The van der Waals surface area contributed by atoms with Crippen LogP contribution in [0.15, 0.2) is 0 Å². The molecule has 20 heavy (non-hydrogen) atoms. The molecule has 0 spiro atoms. The first kappa shape index (κ1) is 14.4. The van der Waals surface area contributed by atoms with Gasteiger partial charge in [-0.05, 0) is 56.9 Å². The zero-order valence-corrected chi connectivity index (χ0v) is 13.0. The number of carbonyl (C=O) groups is 1. The molecule has 114 valence electrons. The number of likely N-dealkylation sites (tertiary alicyclic amines) is 2. The second-order valence-corrected chi connectivity index (χ2v) is 7.32. The summed E-state index contributed by atoms with van der Waals surface area (Å²) in [5.74, 6) is 1.98. The average Bonchev–Trinajstić information content (AvgIpc) is 2.46. The van der Waals surface area contributed by atoms with E-state index in [1.54, 1.807) is 0 Å². The van der Waals surface area contributed by atoms with Gasteiger partial charge in [0.05, 0.1) is 6.54 Å². The molecule has 0 radical (unpaired) electrons. The standard InChI is InChI=1S/C17H30N2O/c1-14-6-4-10-18(12-14)13-17(20)19-11-5-8-15-7-2-3-9-16(15)19/h14-16H,2-13H2,1H3. The molecule has 3 atom stereocenters. The van der Waals surface area contributed by atoms with E-state index in [0.717, 1.165) is 31.5 Å². The zero-order valence-electron chi connectivity index (χ0n) is 13.0. The minimum Gasteiger partial charge on any atom is -0.338 e. The molecule has 3 unspecified atom stereocenters. The molecule has 0 aromatic rings. The van der Waals surface area contributed by atoms with Crippen molar-refractivity contribution in [3.8, 4) is 0 Å². The van der Waals surface area contributed by atoms with Gasteiger partial charge in [0, 0.05) is 19.1 Å². The smallest absolute Gasteiger partial charge is 0.237 e. The van der Waals surface area contributed by atoms with Gasteiger partial charge in [0.15, 0.2) is 0 Å². The van der Waals surface area contributed by atoms with Gasteiger partial charge in [-0.2, -0.15) is 0 Å². The Morgan fingerprint density at radius 2 is 1.75 bits per heavy atom. The molecule has 1 aliphatic carbocycles. The molecule has 0 aromatic heterocycles. The van der Waals surface area contributed by atoms with E-state index in [1.807, 2.05) is 0 Å². The normalized spacial score (nSPS) is 35.6. The molecule has 2 heterocycles. The van der Waals surface area contributed by atoms with E-state index >= 15 is 0 Å². The number of carbonyl (C=O) groups excluding carboxylic acids is 1. The third kappa shape index (κ3) is 3.19. The molecule has 2 aliphatic heterocycles. The quantitative estimate of drug-likeness (QED) is 0.775. The van der Waals surface area contributed by atoms with Crippen molar-refractivity contribution >= 4 is 5.91 Å². The van der Waals surface area contributed by atoms with E-state index in [2.05, 4.69) is 16.7 Å². The Kier molecular flexibility index (Phi) is 4.65. The Morgan fingerprint density at radius 1 is 1.00 bits per heavy atom. The van der Waals surface area contributed by atoms with Gasteiger partial charge in [0.2, 0.25) is 5.91 Å². The fraction of sp³-hybridized carbons (Fsp3) is 0.941. The summed E-state index contributed by atoms with van der Waals surface area (Å²) in [6, 6.07) is 0.576. The summed E-state index contributed by atoms with van der Waals surface area (Å²) in [6.45, 7) is 6.25. The van der Waals surface area contributed by atoms with Gasteiger partial charge in [0.1, 0.15) is 0 Å². The second-order valence-electron chi connectivity index (χ2n) is 7.32. The number of nitrogens with zero attached hydrogens (tertiary/aromatic N) is 2. The number of rotatable bonds is 2. The molecule has 1 amide bonds. The van der Waals surface area contributed by atoms with Gasteiger partial charge in [-0.25, -0.2) is 0 Å². The molecule has 0 bridgehead atoms. The number of fused-ring (bicyclic) bond motifs is 1. The van der Waals surface area contributed by atoms with Crippen molar-refractivity contribution in [2.45, 2.75) is 64.3 Å². The van der Waals surface area contributed by atoms with Crippen molar-refractivity contribution < 1.29 is 4.79 Å². The van der Waals surface area contributed by atoms with Gasteiger partial charge in [0.25, 0.3) is 0 Å². The van der Waals surface area contributed by atoms with Crippen LogP contribution in [-0.4, -0.2) is 47.9 Å². The molecular formula is C17H30N2O. The van der Waals surface area contributed by atoms with E-state index in [0.29, 0.717) is 18.5 Å². The molecule has 0 N–H and O–H groups in total. The van der Waals surface area contributed by atoms with E-state index in [-0.39, 0.29) is 0 Å². The van der Waals surface area contributed by atoms with Crippen molar-refractivity contribution in [3.63, 3.8) is 0 Å². The van der Waals surface area contributed by atoms with Crippen LogP contribution in [0.3, 0.4) is 0 Å². The molecule has 3 aliphatic rings. The van der Waals surface area contributed by atoms with E-state index in [9.17, 15) is 4.79 Å². The van der Waals surface area contributed by atoms with Crippen LogP contribution in [0.1, 0.15) is 58.3 Å². The largest absolute Gasteiger partial charge is 0.338 e. The van der Waals surface area contributed by atoms with E-state index in [1.165, 1.54) is 51.4 Å². The molecule has 3 fully saturated rings. The number of hydrogen-bond donors (Lipinski definition) is 0. The molecule has 0 aromatic carbocycles. The molecule has 1 saturated carbocycles. The van der Waals surface area contributed by atoms with Crippen LogP contribution in [-0.2, 0) is 4.79 Å². The first-order chi connectivity index (χ1) is 9.74. The monoisotopic (exact) mass is 278 g/mol. The molecule has 3 rings (SSSR count). The molecular weight excluding hydrogens is 248 g/mol. The zero-order chi connectivity index (χ0) is 13.9. The van der Waals surface area contributed by atoms with Crippen molar-refractivity contribution in [3.05, 3.63) is 0 Å². The highest BCUT2D eigenvalue weighted by atomic mass is 16.2. The Hall–Kier alpha value is -0.570. The second kappa shape index (κ2) is 6.46. The fourth-order valence-electron chi connectivity index (χ4n) is 4.65. The van der Waals surface area contributed by atoms with Crippen LogP contribution in [0.4, 0.5) is 0 Å². The Morgan fingerprint density at radius 3 is 2.60 bits per heavy atom. The van der Waals surface area contributed by atoms with Crippen molar-refractivity contribution in [2.24, 2.45) is 11.8 Å². The van der Waals surface area contributed by atoms with Crippen LogP contribution < -0.4 is 0 Å². The first-order valence-electron chi connectivity index (χ1n) is 8.76. The average molecular weight is 278 g/mol. The number of amides is 1. The van der Waals surface area contributed by atoms with Crippen LogP contribution in [0.25, 0.3) is 0 Å². The van der Waals surface area contributed by atoms with E-state index in [4.69, 9.17) is 0 Å². The summed E-state index contributed by atoms with van der Waals surface area (Å²) in [4.78, 5) is 17.4. The van der Waals surface area contributed by atoms with Crippen LogP contribution >= 0.6 is 0 Å². The topological polar surface area (TPSA) is 23.6 Å². The maximum atomic E-state index is 12.7. The lowest BCUT2D eigenvalue weighted by Crippen LogP contribution is -2.53. The molecule has 2 saturated heterocycles. The maximum Gasteiger partial charge on any atom is 0.237 e. The maximum absolute atomic E-state index is 12.7. The lowest BCUT2D eigenvalue weighted by Gasteiger charge is -2.45. The van der Waals surface area contributed by atoms with Crippen LogP contribution in [0.2, 0.25) is 0 Å². The third-order valence-electron chi connectivity index (χ3n) is 5.66. The van der Waals surface area contributed by atoms with Crippen LogP contribution in [0.5, 0.6) is 0 Å². The summed E-state index contributed by atoms with van der Waals surface area (Å²) < 4.78 is 0. The minimum absolute atomic E-state index is 0.413. The highest BCUT2D eigenvalue weighted by Gasteiger charge is 2.36. The predicted octanol–water partition coefficient (Wildman–Crippen LogP) is 2.90. The Labute approximate surface area is 123 Å².